The lowest BCUT2D eigenvalue weighted by Gasteiger charge is -2.19. The Hall–Kier alpha value is -0.500. The summed E-state index contributed by atoms with van der Waals surface area (Å²) in [7, 11) is -3.59. The Morgan fingerprint density at radius 2 is 2.12 bits per heavy atom. The second-order valence-corrected chi connectivity index (χ2v) is 6.54. The Kier molecular flexibility index (Phi) is 5.05. The van der Waals surface area contributed by atoms with Crippen molar-refractivity contribution in [3.8, 4) is 0 Å². The first-order valence-electron chi connectivity index (χ1n) is 5.10. The molecule has 0 radical (unpaired) electrons. The summed E-state index contributed by atoms with van der Waals surface area (Å²) in [6.07, 6.45) is 2.79. The fourth-order valence-electron chi connectivity index (χ4n) is 1.13. The number of sulfonamides is 1. The van der Waals surface area contributed by atoms with Gasteiger partial charge >= 0.3 is 0 Å². The van der Waals surface area contributed by atoms with E-state index in [-0.39, 0.29) is 23.5 Å². The van der Waals surface area contributed by atoms with Crippen LogP contribution in [0.5, 0.6) is 0 Å². The van der Waals surface area contributed by atoms with Crippen LogP contribution in [0.25, 0.3) is 0 Å². The van der Waals surface area contributed by atoms with Crippen LogP contribution in [0.1, 0.15) is 13.8 Å². The van der Waals surface area contributed by atoms with Gasteiger partial charge in [-0.05, 0) is 34.8 Å². The van der Waals surface area contributed by atoms with Crippen LogP contribution in [0.3, 0.4) is 0 Å². The Morgan fingerprint density at radius 3 is 2.65 bits per heavy atom. The molecule has 0 aliphatic heterocycles. The third-order valence-electron chi connectivity index (χ3n) is 2.47. The van der Waals surface area contributed by atoms with Crippen molar-refractivity contribution in [3.05, 3.63) is 22.9 Å². The molecule has 7 heteroatoms. The van der Waals surface area contributed by atoms with Gasteiger partial charge in [-0.3, -0.25) is 4.98 Å². The molecule has 2 unspecified atom stereocenters. The number of nitrogens with zero attached hydrogens (tertiary/aromatic N) is 1. The van der Waals surface area contributed by atoms with Gasteiger partial charge in [0.1, 0.15) is 4.90 Å². The molecule has 2 atom stereocenters. The average molecular weight is 323 g/mol. The summed E-state index contributed by atoms with van der Waals surface area (Å²) < 4.78 is 27.0. The maximum absolute atomic E-state index is 12.0. The third kappa shape index (κ3) is 4.02. The van der Waals surface area contributed by atoms with E-state index in [4.69, 9.17) is 5.11 Å². The van der Waals surface area contributed by atoms with Gasteiger partial charge in [-0.2, -0.15) is 0 Å². The van der Waals surface area contributed by atoms with E-state index in [1.165, 1.54) is 18.5 Å². The van der Waals surface area contributed by atoms with E-state index < -0.39 is 10.0 Å². The summed E-state index contributed by atoms with van der Waals surface area (Å²) in [6, 6.07) is 1.13. The minimum absolute atomic E-state index is 0.0690. The van der Waals surface area contributed by atoms with Crippen molar-refractivity contribution >= 4 is 26.0 Å². The van der Waals surface area contributed by atoms with Crippen molar-refractivity contribution in [1.29, 1.82) is 0 Å². The zero-order valence-corrected chi connectivity index (χ0v) is 12.0. The zero-order valence-electron chi connectivity index (χ0n) is 9.59. The van der Waals surface area contributed by atoms with Crippen LogP contribution in [-0.4, -0.2) is 31.2 Å². The van der Waals surface area contributed by atoms with Crippen molar-refractivity contribution in [1.82, 2.24) is 9.71 Å². The van der Waals surface area contributed by atoms with Crippen LogP contribution in [0.2, 0.25) is 0 Å². The van der Waals surface area contributed by atoms with Crippen LogP contribution in [0, 0.1) is 5.92 Å². The Balaban J connectivity index is 2.89. The maximum Gasteiger partial charge on any atom is 0.242 e. The first-order chi connectivity index (χ1) is 7.86. The molecule has 0 saturated carbocycles. The molecule has 0 aliphatic rings. The van der Waals surface area contributed by atoms with E-state index in [9.17, 15) is 8.42 Å². The smallest absolute Gasteiger partial charge is 0.242 e. The van der Waals surface area contributed by atoms with E-state index in [1.807, 2.05) is 0 Å². The van der Waals surface area contributed by atoms with E-state index in [1.54, 1.807) is 13.8 Å². The Labute approximate surface area is 109 Å². The largest absolute Gasteiger partial charge is 0.396 e. The summed E-state index contributed by atoms with van der Waals surface area (Å²) in [5.41, 5.74) is 0. The van der Waals surface area contributed by atoms with Crippen LogP contribution in [-0.2, 0) is 10.0 Å². The van der Waals surface area contributed by atoms with Gasteiger partial charge in [-0.1, -0.05) is 6.92 Å². The molecule has 96 valence electrons. The quantitative estimate of drug-likeness (QED) is 0.852. The normalized spacial score (nSPS) is 15.5. The number of rotatable bonds is 5. The van der Waals surface area contributed by atoms with Gasteiger partial charge in [0, 0.05) is 29.5 Å². The molecule has 1 aromatic heterocycles. The highest BCUT2D eigenvalue weighted by molar-refractivity contribution is 9.10. The molecule has 0 saturated heterocycles. The molecular weight excluding hydrogens is 308 g/mol. The number of pyridine rings is 1. The lowest BCUT2D eigenvalue weighted by atomic mass is 10.1. The molecular formula is C10H15BrN2O3S. The number of aliphatic hydroxyl groups excluding tert-OH is 1. The number of hydrogen-bond donors (Lipinski definition) is 2. The highest BCUT2D eigenvalue weighted by Gasteiger charge is 2.21. The molecule has 0 amide bonds. The number of aromatic nitrogens is 1. The molecule has 1 aromatic rings. The third-order valence-corrected chi connectivity index (χ3v) is 4.43. The van der Waals surface area contributed by atoms with E-state index in [2.05, 4.69) is 25.6 Å². The van der Waals surface area contributed by atoms with Gasteiger partial charge in [0.25, 0.3) is 0 Å². The van der Waals surface area contributed by atoms with Crippen LogP contribution in [0.4, 0.5) is 0 Å². The monoisotopic (exact) mass is 322 g/mol. The first kappa shape index (κ1) is 14.6. The fourth-order valence-corrected chi connectivity index (χ4v) is 2.98. The van der Waals surface area contributed by atoms with Crippen molar-refractivity contribution in [2.24, 2.45) is 5.92 Å². The van der Waals surface area contributed by atoms with Crippen molar-refractivity contribution in [2.75, 3.05) is 6.61 Å². The summed E-state index contributed by atoms with van der Waals surface area (Å²) in [4.78, 5) is 3.91. The molecule has 0 fully saturated rings. The lowest BCUT2D eigenvalue weighted by Crippen LogP contribution is -2.38. The highest BCUT2D eigenvalue weighted by atomic mass is 79.9. The van der Waals surface area contributed by atoms with Crippen molar-refractivity contribution in [3.63, 3.8) is 0 Å². The SMILES string of the molecule is CC(CO)C(C)NS(=O)(=O)c1cncc(Br)c1. The van der Waals surface area contributed by atoms with Crippen LogP contribution < -0.4 is 4.72 Å². The number of halogens is 1. The van der Waals surface area contributed by atoms with E-state index in [0.29, 0.717) is 4.47 Å². The molecule has 0 aliphatic carbocycles. The summed E-state index contributed by atoms with van der Waals surface area (Å²) in [5, 5.41) is 8.96. The first-order valence-corrected chi connectivity index (χ1v) is 7.38. The Bertz CT molecular complexity index is 478. The van der Waals surface area contributed by atoms with Gasteiger partial charge < -0.3 is 5.11 Å². The molecule has 17 heavy (non-hydrogen) atoms. The van der Waals surface area contributed by atoms with Gasteiger partial charge in [-0.25, -0.2) is 13.1 Å². The van der Waals surface area contributed by atoms with Gasteiger partial charge in [0.2, 0.25) is 10.0 Å². The predicted molar refractivity (Wildman–Crippen MR) is 68.0 cm³/mol. The lowest BCUT2D eigenvalue weighted by molar-refractivity contribution is 0.216. The summed E-state index contributed by atoms with van der Waals surface area (Å²) in [5.74, 6) is -0.148. The van der Waals surface area contributed by atoms with Gasteiger partial charge in [-0.15, -0.1) is 0 Å². The molecule has 5 nitrogen and oxygen atoms in total. The van der Waals surface area contributed by atoms with Crippen molar-refractivity contribution < 1.29 is 13.5 Å². The van der Waals surface area contributed by atoms with E-state index in [0.717, 1.165) is 0 Å². The maximum atomic E-state index is 12.0. The second-order valence-electron chi connectivity index (χ2n) is 3.91. The Morgan fingerprint density at radius 1 is 1.47 bits per heavy atom. The second kappa shape index (κ2) is 5.90. The van der Waals surface area contributed by atoms with Crippen molar-refractivity contribution in [2.45, 2.75) is 24.8 Å². The molecule has 1 rings (SSSR count). The summed E-state index contributed by atoms with van der Waals surface area (Å²) >= 11 is 3.17. The van der Waals surface area contributed by atoms with E-state index >= 15 is 0 Å². The van der Waals surface area contributed by atoms with Crippen LogP contribution >= 0.6 is 15.9 Å². The minimum Gasteiger partial charge on any atom is -0.396 e. The molecule has 1 heterocycles. The topological polar surface area (TPSA) is 79.3 Å². The molecule has 0 bridgehead atoms. The average Bonchev–Trinajstić information content (AvgIpc) is 2.27. The minimum atomic E-state index is -3.59. The number of hydrogen-bond acceptors (Lipinski definition) is 4. The molecule has 0 spiro atoms. The zero-order chi connectivity index (χ0) is 13.1. The standard InChI is InChI=1S/C10H15BrN2O3S/c1-7(6-14)8(2)13-17(15,16)10-3-9(11)4-12-5-10/h3-5,7-8,13-14H,6H2,1-2H3. The number of aliphatic hydroxyl groups is 1. The molecule has 2 N–H and O–H groups in total. The predicted octanol–water partition coefficient (Wildman–Crippen LogP) is 1.14. The van der Waals surface area contributed by atoms with Gasteiger partial charge in [0.15, 0.2) is 0 Å². The molecule has 0 aromatic carbocycles. The number of nitrogens with one attached hydrogen (secondary N) is 1. The summed E-state index contributed by atoms with van der Waals surface area (Å²) in [6.45, 7) is 3.41. The fraction of sp³-hybridized carbons (Fsp3) is 0.500. The van der Waals surface area contributed by atoms with Crippen LogP contribution in [0.15, 0.2) is 27.8 Å². The van der Waals surface area contributed by atoms with Gasteiger partial charge in [0.05, 0.1) is 0 Å². The highest BCUT2D eigenvalue weighted by Crippen LogP contribution is 2.15.